The maximum Gasteiger partial charge on any atom is 0.339 e. The van der Waals surface area contributed by atoms with E-state index in [-0.39, 0.29) is 38.6 Å². The number of rotatable bonds is 7. The lowest BCUT2D eigenvalue weighted by molar-refractivity contribution is 0.0377. The summed E-state index contributed by atoms with van der Waals surface area (Å²) in [6.07, 6.45) is -0.337. The molecule has 0 spiro atoms. The van der Waals surface area contributed by atoms with Gasteiger partial charge in [0.1, 0.15) is 5.75 Å². The molecule has 0 fully saturated rings. The summed E-state index contributed by atoms with van der Waals surface area (Å²) < 4.78 is 42.9. The molecule has 2 rings (SSSR count). The maximum atomic E-state index is 12.8. The monoisotopic (exact) mass is 441 g/mol. The number of hydrogen-bond donors (Lipinski definition) is 1. The molecule has 0 unspecified atom stereocenters. The van der Waals surface area contributed by atoms with Crippen molar-refractivity contribution >= 4 is 39.3 Å². The zero-order valence-electron chi connectivity index (χ0n) is 16.2. The minimum absolute atomic E-state index is 0.0280. The number of sulfonamides is 1. The molecule has 8 nitrogen and oxygen atoms in total. The molecule has 0 aliphatic carbocycles. The Morgan fingerprint density at radius 3 is 2.31 bits per heavy atom. The summed E-state index contributed by atoms with van der Waals surface area (Å²) in [5, 5.41) is 0.0480. The van der Waals surface area contributed by atoms with Gasteiger partial charge in [-0.1, -0.05) is 11.6 Å². The first-order chi connectivity index (χ1) is 13.6. The van der Waals surface area contributed by atoms with Crippen LogP contribution >= 0.6 is 11.6 Å². The van der Waals surface area contributed by atoms with Crippen molar-refractivity contribution in [1.82, 2.24) is 0 Å². The van der Waals surface area contributed by atoms with Gasteiger partial charge in [0.15, 0.2) is 0 Å². The zero-order chi connectivity index (χ0) is 21.8. The molecule has 0 atom stereocenters. The van der Waals surface area contributed by atoms with Gasteiger partial charge in [0.25, 0.3) is 10.0 Å². The molecule has 0 bridgehead atoms. The normalized spacial score (nSPS) is 11.1. The second-order valence-electron chi connectivity index (χ2n) is 6.11. The van der Waals surface area contributed by atoms with Gasteiger partial charge >= 0.3 is 11.9 Å². The standard InChI is InChI=1S/C19H20ClNO7S/c1-11(2)28-18(22)12-5-8-17(26-3)16(9-12)21-29(24,25)13-6-7-15(20)14(10-13)19(23)27-4/h5-11,21H,1-4H3. The van der Waals surface area contributed by atoms with E-state index in [4.69, 9.17) is 21.1 Å². The molecule has 0 aromatic heterocycles. The van der Waals surface area contributed by atoms with E-state index in [1.807, 2.05) is 0 Å². The number of esters is 2. The lowest BCUT2D eigenvalue weighted by atomic mass is 10.2. The first kappa shape index (κ1) is 22.5. The van der Waals surface area contributed by atoms with E-state index < -0.39 is 22.0 Å². The zero-order valence-corrected chi connectivity index (χ0v) is 17.8. The Kier molecular flexibility index (Phi) is 7.10. The average Bonchev–Trinajstić information content (AvgIpc) is 2.66. The molecule has 0 aliphatic rings. The molecule has 156 valence electrons. The van der Waals surface area contributed by atoms with E-state index in [1.165, 1.54) is 37.4 Å². The van der Waals surface area contributed by atoms with Gasteiger partial charge in [-0.3, -0.25) is 4.72 Å². The fourth-order valence-electron chi connectivity index (χ4n) is 2.34. The molecule has 0 saturated carbocycles. The topological polar surface area (TPSA) is 108 Å². The van der Waals surface area contributed by atoms with Gasteiger partial charge in [0.05, 0.1) is 47.1 Å². The summed E-state index contributed by atoms with van der Waals surface area (Å²) in [6, 6.07) is 7.81. The Balaban J connectivity index is 2.44. The quantitative estimate of drug-likeness (QED) is 0.655. The van der Waals surface area contributed by atoms with E-state index in [0.717, 1.165) is 13.2 Å². The van der Waals surface area contributed by atoms with Gasteiger partial charge < -0.3 is 14.2 Å². The summed E-state index contributed by atoms with van der Waals surface area (Å²) in [6.45, 7) is 3.40. The number of carbonyl (C=O) groups is 2. The van der Waals surface area contributed by atoms with Crippen molar-refractivity contribution in [1.29, 1.82) is 0 Å². The molecule has 2 aromatic rings. The fourth-order valence-corrected chi connectivity index (χ4v) is 3.62. The number of benzene rings is 2. The Morgan fingerprint density at radius 1 is 1.03 bits per heavy atom. The molecule has 0 aliphatic heterocycles. The number of carbonyl (C=O) groups excluding carboxylic acids is 2. The van der Waals surface area contributed by atoms with Gasteiger partial charge in [-0.15, -0.1) is 0 Å². The second kappa shape index (κ2) is 9.15. The molecule has 2 aromatic carbocycles. The number of nitrogens with one attached hydrogen (secondary N) is 1. The van der Waals surface area contributed by atoms with Crippen molar-refractivity contribution in [2.24, 2.45) is 0 Å². The second-order valence-corrected chi connectivity index (χ2v) is 8.20. The highest BCUT2D eigenvalue weighted by Gasteiger charge is 2.22. The summed E-state index contributed by atoms with van der Waals surface area (Å²) >= 11 is 5.94. The van der Waals surface area contributed by atoms with Gasteiger partial charge in [-0.25, -0.2) is 18.0 Å². The highest BCUT2D eigenvalue weighted by atomic mass is 35.5. The third-order valence-electron chi connectivity index (χ3n) is 3.68. The lowest BCUT2D eigenvalue weighted by Gasteiger charge is -2.14. The summed E-state index contributed by atoms with van der Waals surface area (Å²) in [4.78, 5) is 23.7. The van der Waals surface area contributed by atoms with Crippen LogP contribution < -0.4 is 9.46 Å². The van der Waals surface area contributed by atoms with Crippen molar-refractivity contribution < 1.29 is 32.2 Å². The smallest absolute Gasteiger partial charge is 0.339 e. The highest BCUT2D eigenvalue weighted by molar-refractivity contribution is 7.92. The number of methoxy groups -OCH3 is 2. The minimum atomic E-state index is -4.14. The first-order valence-electron chi connectivity index (χ1n) is 8.38. The van der Waals surface area contributed by atoms with E-state index in [2.05, 4.69) is 9.46 Å². The number of ether oxygens (including phenoxy) is 3. The van der Waals surface area contributed by atoms with Gasteiger partial charge in [0, 0.05) is 0 Å². The Labute approximate surface area is 173 Å². The predicted molar refractivity (Wildman–Crippen MR) is 107 cm³/mol. The van der Waals surface area contributed by atoms with Gasteiger partial charge in [0.2, 0.25) is 0 Å². The van der Waals surface area contributed by atoms with Crippen LogP contribution in [0.5, 0.6) is 5.75 Å². The van der Waals surface area contributed by atoms with Crippen LogP contribution in [0.25, 0.3) is 0 Å². The molecule has 29 heavy (non-hydrogen) atoms. The van der Waals surface area contributed by atoms with Crippen LogP contribution in [0.1, 0.15) is 34.6 Å². The largest absolute Gasteiger partial charge is 0.495 e. The predicted octanol–water partition coefficient (Wildman–Crippen LogP) is 3.50. The molecule has 1 N–H and O–H groups in total. The lowest BCUT2D eigenvalue weighted by Crippen LogP contribution is -2.16. The van der Waals surface area contributed by atoms with Crippen LogP contribution in [0, 0.1) is 0 Å². The number of halogens is 1. The van der Waals surface area contributed by atoms with Crippen molar-refractivity contribution in [2.45, 2.75) is 24.8 Å². The van der Waals surface area contributed by atoms with Crippen LogP contribution in [0.4, 0.5) is 5.69 Å². The van der Waals surface area contributed by atoms with Crippen LogP contribution in [-0.2, 0) is 19.5 Å². The van der Waals surface area contributed by atoms with Crippen LogP contribution in [0.2, 0.25) is 5.02 Å². The third-order valence-corrected chi connectivity index (χ3v) is 5.37. The maximum absolute atomic E-state index is 12.8. The van der Waals surface area contributed by atoms with Crippen molar-refractivity contribution in [2.75, 3.05) is 18.9 Å². The SMILES string of the molecule is COC(=O)c1cc(S(=O)(=O)Nc2cc(C(=O)OC(C)C)ccc2OC)ccc1Cl. The minimum Gasteiger partial charge on any atom is -0.495 e. The van der Waals surface area contributed by atoms with Crippen molar-refractivity contribution in [3.05, 3.63) is 52.5 Å². The first-order valence-corrected chi connectivity index (χ1v) is 10.2. The molecule has 0 heterocycles. The van der Waals surface area contributed by atoms with Crippen molar-refractivity contribution in [3.8, 4) is 5.75 Å². The summed E-state index contributed by atoms with van der Waals surface area (Å²) in [5.74, 6) is -1.19. The van der Waals surface area contributed by atoms with Crippen LogP contribution in [0.3, 0.4) is 0 Å². The Morgan fingerprint density at radius 2 is 1.72 bits per heavy atom. The van der Waals surface area contributed by atoms with E-state index in [0.29, 0.717) is 0 Å². The van der Waals surface area contributed by atoms with Gasteiger partial charge in [-0.05, 0) is 50.2 Å². The molecule has 10 heteroatoms. The van der Waals surface area contributed by atoms with E-state index in [9.17, 15) is 18.0 Å². The fraction of sp³-hybridized carbons (Fsp3) is 0.263. The molecular weight excluding hydrogens is 422 g/mol. The summed E-state index contributed by atoms with van der Waals surface area (Å²) in [5.41, 5.74) is 0.0714. The highest BCUT2D eigenvalue weighted by Crippen LogP contribution is 2.29. The molecule has 0 saturated heterocycles. The number of hydrogen-bond acceptors (Lipinski definition) is 7. The van der Waals surface area contributed by atoms with Crippen LogP contribution in [-0.4, -0.2) is 40.7 Å². The van der Waals surface area contributed by atoms with Crippen molar-refractivity contribution in [3.63, 3.8) is 0 Å². The third kappa shape index (κ3) is 5.39. The Hall–Kier alpha value is -2.78. The molecule has 0 amide bonds. The van der Waals surface area contributed by atoms with E-state index >= 15 is 0 Å². The van der Waals surface area contributed by atoms with Crippen LogP contribution in [0.15, 0.2) is 41.3 Å². The number of anilines is 1. The van der Waals surface area contributed by atoms with E-state index in [1.54, 1.807) is 13.8 Å². The average molecular weight is 442 g/mol. The molecular formula is C19H20ClNO7S. The Bertz CT molecular complexity index is 1030. The van der Waals surface area contributed by atoms with Gasteiger partial charge in [-0.2, -0.15) is 0 Å². The summed E-state index contributed by atoms with van der Waals surface area (Å²) in [7, 11) is -1.63. The molecule has 0 radical (unpaired) electrons.